The van der Waals surface area contributed by atoms with Gasteiger partial charge < -0.3 is 5.32 Å². The molecule has 0 bridgehead atoms. The van der Waals surface area contributed by atoms with E-state index in [9.17, 15) is 22.8 Å². The van der Waals surface area contributed by atoms with E-state index < -0.39 is 27.4 Å². The molecule has 0 aliphatic carbocycles. The second-order valence-electron chi connectivity index (χ2n) is 7.49. The summed E-state index contributed by atoms with van der Waals surface area (Å²) in [7, 11) is -4.00. The van der Waals surface area contributed by atoms with Gasteiger partial charge in [-0.25, -0.2) is 18.1 Å². The van der Waals surface area contributed by atoms with Crippen LogP contribution in [0.15, 0.2) is 88.7 Å². The molecule has 9 nitrogen and oxygen atoms in total. The number of carbonyl (C=O) groups is 2. The number of fused-ring (bicyclic) bond motifs is 1. The summed E-state index contributed by atoms with van der Waals surface area (Å²) in [5.41, 5.74) is 1.04. The lowest BCUT2D eigenvalue weighted by atomic mass is 10.1. The zero-order valence-corrected chi connectivity index (χ0v) is 18.9. The zero-order chi connectivity index (χ0) is 24.3. The number of anilines is 1. The van der Waals surface area contributed by atoms with Crippen LogP contribution in [-0.4, -0.2) is 29.8 Å². The maximum Gasteiger partial charge on any atom is 0.265 e. The molecule has 2 heterocycles. The Hall–Kier alpha value is -4.31. The van der Waals surface area contributed by atoms with Gasteiger partial charge in [0.05, 0.1) is 11.4 Å². The maximum absolute atomic E-state index is 13.2. The molecule has 10 heteroatoms. The molecule has 0 atom stereocenters. The molecule has 2 aromatic heterocycles. The van der Waals surface area contributed by atoms with Gasteiger partial charge in [0.2, 0.25) is 5.91 Å². The first-order valence-corrected chi connectivity index (χ1v) is 11.7. The van der Waals surface area contributed by atoms with Crippen LogP contribution in [0, 0.1) is 0 Å². The summed E-state index contributed by atoms with van der Waals surface area (Å²) in [6, 6.07) is 19.6. The predicted octanol–water partition coefficient (Wildman–Crippen LogP) is 2.52. The predicted molar refractivity (Wildman–Crippen MR) is 127 cm³/mol. The van der Waals surface area contributed by atoms with E-state index >= 15 is 0 Å². The molecular formula is C24H20N4O5S. The lowest BCUT2D eigenvalue weighted by molar-refractivity contribution is -0.117. The molecule has 0 unspecified atom stereocenters. The van der Waals surface area contributed by atoms with Crippen LogP contribution in [0.25, 0.3) is 11.0 Å². The maximum atomic E-state index is 13.2. The molecule has 4 rings (SSSR count). The fraction of sp³-hybridized carbons (Fsp3) is 0.0833. The minimum atomic E-state index is -4.00. The molecule has 172 valence electrons. The molecule has 2 amide bonds. The lowest BCUT2D eigenvalue weighted by Crippen LogP contribution is -2.30. The largest absolute Gasteiger partial charge is 0.322 e. The average Bonchev–Trinajstić information content (AvgIpc) is 2.81. The van der Waals surface area contributed by atoms with Gasteiger partial charge in [-0.15, -0.1) is 0 Å². The number of rotatable bonds is 6. The highest BCUT2D eigenvalue weighted by atomic mass is 32.2. The lowest BCUT2D eigenvalue weighted by Gasteiger charge is -2.13. The van der Waals surface area contributed by atoms with Crippen LogP contribution < -0.4 is 15.6 Å². The molecule has 0 aliphatic heterocycles. The summed E-state index contributed by atoms with van der Waals surface area (Å²) >= 11 is 0. The number of sulfonamides is 1. The Kier molecular flexibility index (Phi) is 6.24. The third-order valence-corrected chi connectivity index (χ3v) is 6.43. The molecule has 0 aliphatic rings. The fourth-order valence-electron chi connectivity index (χ4n) is 3.45. The highest BCUT2D eigenvalue weighted by Gasteiger charge is 2.18. The number of hydrogen-bond acceptors (Lipinski definition) is 6. The van der Waals surface area contributed by atoms with Gasteiger partial charge >= 0.3 is 0 Å². The summed E-state index contributed by atoms with van der Waals surface area (Å²) in [6.45, 7) is 1.33. The van der Waals surface area contributed by atoms with Crippen LogP contribution in [0.4, 0.5) is 5.69 Å². The third-order valence-electron chi connectivity index (χ3n) is 4.98. The number of pyridine rings is 2. The van der Waals surface area contributed by atoms with E-state index in [1.165, 1.54) is 34.9 Å². The molecule has 0 saturated heterocycles. The first-order chi connectivity index (χ1) is 16.2. The normalized spacial score (nSPS) is 11.2. The Labute approximate surface area is 195 Å². The summed E-state index contributed by atoms with van der Waals surface area (Å²) in [5.74, 6) is -1.36. The number of amides is 2. The van der Waals surface area contributed by atoms with E-state index in [1.807, 2.05) is 35.1 Å². The van der Waals surface area contributed by atoms with Gasteiger partial charge in [0.1, 0.15) is 11.2 Å². The van der Waals surface area contributed by atoms with E-state index in [-0.39, 0.29) is 22.7 Å². The molecule has 34 heavy (non-hydrogen) atoms. The summed E-state index contributed by atoms with van der Waals surface area (Å²) in [6.07, 6.45) is 1.58. The van der Waals surface area contributed by atoms with Crippen LogP contribution in [0.2, 0.25) is 0 Å². The monoisotopic (exact) mass is 476 g/mol. The highest BCUT2D eigenvalue weighted by molar-refractivity contribution is 7.90. The minimum Gasteiger partial charge on any atom is -0.322 e. The molecular weight excluding hydrogens is 456 g/mol. The van der Waals surface area contributed by atoms with Crippen molar-refractivity contribution in [1.29, 1.82) is 0 Å². The number of hydrogen-bond donors (Lipinski definition) is 2. The third kappa shape index (κ3) is 4.86. The summed E-state index contributed by atoms with van der Waals surface area (Å²) in [4.78, 5) is 41.5. The van der Waals surface area contributed by atoms with E-state index in [1.54, 1.807) is 18.3 Å². The zero-order valence-electron chi connectivity index (χ0n) is 18.1. The van der Waals surface area contributed by atoms with Gasteiger partial charge in [-0.05, 0) is 48.0 Å². The van der Waals surface area contributed by atoms with Crippen LogP contribution in [0.5, 0.6) is 0 Å². The SMILES string of the molecule is CC(=O)NS(=O)(=O)c1ccc(NC(=O)c2cc3cccnc3n(Cc3ccccc3)c2=O)cc1. The van der Waals surface area contributed by atoms with Crippen molar-refractivity contribution >= 4 is 38.6 Å². The van der Waals surface area contributed by atoms with Crippen molar-refractivity contribution in [2.45, 2.75) is 18.4 Å². The molecule has 2 N–H and O–H groups in total. The highest BCUT2D eigenvalue weighted by Crippen LogP contribution is 2.17. The van der Waals surface area contributed by atoms with Gasteiger partial charge in [0, 0.05) is 24.2 Å². The van der Waals surface area contributed by atoms with Crippen molar-refractivity contribution in [3.05, 3.63) is 100 Å². The average molecular weight is 477 g/mol. The van der Waals surface area contributed by atoms with Crippen molar-refractivity contribution in [2.24, 2.45) is 0 Å². The Morgan fingerprint density at radius 1 is 0.971 bits per heavy atom. The smallest absolute Gasteiger partial charge is 0.265 e. The fourth-order valence-corrected chi connectivity index (χ4v) is 4.44. The van der Waals surface area contributed by atoms with Crippen molar-refractivity contribution in [2.75, 3.05) is 5.32 Å². The number of aromatic nitrogens is 2. The molecule has 0 saturated carbocycles. The Morgan fingerprint density at radius 3 is 2.35 bits per heavy atom. The van der Waals surface area contributed by atoms with Gasteiger partial charge in [-0.2, -0.15) is 0 Å². The molecule has 0 fully saturated rings. The number of nitrogens with zero attached hydrogens (tertiary/aromatic N) is 2. The van der Waals surface area contributed by atoms with Gasteiger partial charge in [-0.3, -0.25) is 19.0 Å². The second-order valence-corrected chi connectivity index (χ2v) is 9.17. The van der Waals surface area contributed by atoms with Gasteiger partial charge in [-0.1, -0.05) is 30.3 Å². The number of carbonyl (C=O) groups excluding carboxylic acids is 2. The van der Waals surface area contributed by atoms with Gasteiger partial charge in [0.25, 0.3) is 21.5 Å². The quantitative estimate of drug-likeness (QED) is 0.440. The molecule has 2 aromatic carbocycles. The second kappa shape index (κ2) is 9.28. The standard InChI is InChI=1S/C24H20N4O5S/c1-16(29)27-34(32,33)20-11-9-19(10-12-20)26-23(30)21-14-18-8-5-13-25-22(18)28(24(21)31)15-17-6-3-2-4-7-17/h2-14H,15H2,1H3,(H,26,30)(H,27,29). The number of benzene rings is 2. The topological polar surface area (TPSA) is 127 Å². The van der Waals surface area contributed by atoms with Crippen molar-refractivity contribution in [3.63, 3.8) is 0 Å². The Morgan fingerprint density at radius 2 is 1.68 bits per heavy atom. The van der Waals surface area contributed by atoms with Crippen molar-refractivity contribution in [3.8, 4) is 0 Å². The minimum absolute atomic E-state index is 0.0774. The summed E-state index contributed by atoms with van der Waals surface area (Å²) < 4.78 is 27.5. The van der Waals surface area contributed by atoms with Crippen molar-refractivity contribution < 1.29 is 18.0 Å². The van der Waals surface area contributed by atoms with Crippen LogP contribution in [-0.2, 0) is 21.4 Å². The Balaban J connectivity index is 1.66. The molecule has 4 aromatic rings. The molecule has 0 spiro atoms. The van der Waals surface area contributed by atoms with Crippen molar-refractivity contribution in [1.82, 2.24) is 14.3 Å². The van der Waals surface area contributed by atoms with E-state index in [0.717, 1.165) is 12.5 Å². The summed E-state index contributed by atoms with van der Waals surface area (Å²) in [5, 5.41) is 3.24. The molecule has 0 radical (unpaired) electrons. The van der Waals surface area contributed by atoms with Crippen LogP contribution in [0.1, 0.15) is 22.8 Å². The van der Waals surface area contributed by atoms with E-state index in [4.69, 9.17) is 0 Å². The van der Waals surface area contributed by atoms with E-state index in [2.05, 4.69) is 10.3 Å². The number of nitrogens with one attached hydrogen (secondary N) is 2. The van der Waals surface area contributed by atoms with Gasteiger partial charge in [0.15, 0.2) is 0 Å². The first kappa shape index (κ1) is 22.9. The first-order valence-electron chi connectivity index (χ1n) is 10.2. The van der Waals surface area contributed by atoms with Crippen LogP contribution in [0.3, 0.4) is 0 Å². The van der Waals surface area contributed by atoms with E-state index in [0.29, 0.717) is 11.0 Å². The van der Waals surface area contributed by atoms with Crippen LogP contribution >= 0.6 is 0 Å². The Bertz CT molecular complexity index is 1550.